The van der Waals surface area contributed by atoms with Crippen LogP contribution in [-0.4, -0.2) is 6.04 Å². The Labute approximate surface area is 105 Å². The standard InChI is InChI=1S/C16H23N/c1-2-3-4-5-6-10-15-13-12-14-9-7-8-11-16(14)17-15/h2,7-9,11,15,17H,1,3-6,10,12-13H2. The molecule has 1 aliphatic rings. The summed E-state index contributed by atoms with van der Waals surface area (Å²) in [5.41, 5.74) is 2.84. The van der Waals surface area contributed by atoms with Crippen LogP contribution < -0.4 is 5.32 Å². The maximum Gasteiger partial charge on any atom is 0.0374 e. The van der Waals surface area contributed by atoms with Gasteiger partial charge in [-0.15, -0.1) is 6.58 Å². The highest BCUT2D eigenvalue weighted by atomic mass is 14.9. The van der Waals surface area contributed by atoms with Crippen molar-refractivity contribution in [1.82, 2.24) is 0 Å². The summed E-state index contributed by atoms with van der Waals surface area (Å²) in [5.74, 6) is 0. The molecule has 1 aromatic rings. The highest BCUT2D eigenvalue weighted by molar-refractivity contribution is 5.53. The summed E-state index contributed by atoms with van der Waals surface area (Å²) in [7, 11) is 0. The first-order chi connectivity index (χ1) is 8.40. The molecular weight excluding hydrogens is 206 g/mol. The van der Waals surface area contributed by atoms with Gasteiger partial charge >= 0.3 is 0 Å². The van der Waals surface area contributed by atoms with Gasteiger partial charge in [0.25, 0.3) is 0 Å². The Balaban J connectivity index is 1.73. The van der Waals surface area contributed by atoms with E-state index in [0.717, 1.165) is 0 Å². The van der Waals surface area contributed by atoms with Crippen LogP contribution >= 0.6 is 0 Å². The fourth-order valence-electron chi connectivity index (χ4n) is 2.57. The Morgan fingerprint density at radius 1 is 1.24 bits per heavy atom. The summed E-state index contributed by atoms with van der Waals surface area (Å²) in [6, 6.07) is 9.39. The lowest BCUT2D eigenvalue weighted by Crippen LogP contribution is -2.25. The molecular formula is C16H23N. The SMILES string of the molecule is C=CCCCCCC1CCc2ccccc2N1. The number of para-hydroxylation sites is 1. The lowest BCUT2D eigenvalue weighted by molar-refractivity contribution is 0.539. The predicted octanol–water partition coefficient (Wildman–Crippen LogP) is 4.55. The van der Waals surface area contributed by atoms with Crippen LogP contribution in [0.5, 0.6) is 0 Å². The van der Waals surface area contributed by atoms with Crippen molar-refractivity contribution in [3.8, 4) is 0 Å². The van der Waals surface area contributed by atoms with E-state index in [1.54, 1.807) is 0 Å². The second-order valence-electron chi connectivity index (χ2n) is 4.96. The van der Waals surface area contributed by atoms with E-state index in [9.17, 15) is 0 Å². The summed E-state index contributed by atoms with van der Waals surface area (Å²) in [5, 5.41) is 3.67. The topological polar surface area (TPSA) is 12.0 Å². The smallest absolute Gasteiger partial charge is 0.0374 e. The number of fused-ring (bicyclic) bond motifs is 1. The Kier molecular flexibility index (Phi) is 4.66. The van der Waals surface area contributed by atoms with Gasteiger partial charge in [-0.05, 0) is 43.7 Å². The molecule has 0 spiro atoms. The Morgan fingerprint density at radius 2 is 2.12 bits per heavy atom. The second kappa shape index (κ2) is 6.48. The van der Waals surface area contributed by atoms with Gasteiger partial charge in [-0.1, -0.05) is 37.1 Å². The number of nitrogens with one attached hydrogen (secondary N) is 1. The van der Waals surface area contributed by atoms with Gasteiger partial charge in [-0.3, -0.25) is 0 Å². The van der Waals surface area contributed by atoms with E-state index in [-0.39, 0.29) is 0 Å². The fraction of sp³-hybridized carbons (Fsp3) is 0.500. The summed E-state index contributed by atoms with van der Waals surface area (Å²) in [4.78, 5) is 0. The zero-order chi connectivity index (χ0) is 11.9. The van der Waals surface area contributed by atoms with Crippen molar-refractivity contribution in [2.75, 3.05) is 5.32 Å². The molecule has 17 heavy (non-hydrogen) atoms. The van der Waals surface area contributed by atoms with Gasteiger partial charge in [0.15, 0.2) is 0 Å². The third-order valence-electron chi connectivity index (χ3n) is 3.60. The third kappa shape index (κ3) is 3.62. The monoisotopic (exact) mass is 229 g/mol. The molecule has 0 amide bonds. The zero-order valence-electron chi connectivity index (χ0n) is 10.6. The largest absolute Gasteiger partial charge is 0.382 e. The molecule has 0 saturated heterocycles. The number of allylic oxidation sites excluding steroid dienone is 1. The molecule has 1 N–H and O–H groups in total. The molecule has 1 aromatic carbocycles. The summed E-state index contributed by atoms with van der Waals surface area (Å²) < 4.78 is 0. The average Bonchev–Trinajstić information content (AvgIpc) is 2.38. The molecule has 1 atom stereocenters. The molecule has 0 saturated carbocycles. The van der Waals surface area contributed by atoms with Crippen LogP contribution in [0.25, 0.3) is 0 Å². The molecule has 0 radical (unpaired) electrons. The summed E-state index contributed by atoms with van der Waals surface area (Å²) in [6.07, 6.45) is 11.0. The van der Waals surface area contributed by atoms with Gasteiger partial charge in [0.05, 0.1) is 0 Å². The van der Waals surface area contributed by atoms with Crippen LogP contribution in [0.3, 0.4) is 0 Å². The van der Waals surface area contributed by atoms with Crippen LogP contribution in [0, 0.1) is 0 Å². The van der Waals surface area contributed by atoms with Gasteiger partial charge in [0.2, 0.25) is 0 Å². The minimum Gasteiger partial charge on any atom is -0.382 e. The number of hydrogen-bond acceptors (Lipinski definition) is 1. The molecule has 1 nitrogen and oxygen atoms in total. The molecule has 92 valence electrons. The molecule has 1 aliphatic heterocycles. The van der Waals surface area contributed by atoms with E-state index < -0.39 is 0 Å². The number of benzene rings is 1. The predicted molar refractivity (Wildman–Crippen MR) is 75.5 cm³/mol. The second-order valence-corrected chi connectivity index (χ2v) is 4.96. The number of unbranched alkanes of at least 4 members (excludes halogenated alkanes) is 3. The van der Waals surface area contributed by atoms with E-state index in [2.05, 4.69) is 36.2 Å². The Morgan fingerprint density at radius 3 is 3.00 bits per heavy atom. The molecule has 1 heterocycles. The molecule has 2 rings (SSSR count). The highest BCUT2D eigenvalue weighted by Crippen LogP contribution is 2.26. The van der Waals surface area contributed by atoms with E-state index in [0.29, 0.717) is 6.04 Å². The molecule has 0 aromatic heterocycles. The maximum atomic E-state index is 3.76. The summed E-state index contributed by atoms with van der Waals surface area (Å²) in [6.45, 7) is 3.76. The van der Waals surface area contributed by atoms with E-state index in [1.165, 1.54) is 56.2 Å². The van der Waals surface area contributed by atoms with Crippen LogP contribution in [0.2, 0.25) is 0 Å². The van der Waals surface area contributed by atoms with Gasteiger partial charge in [0.1, 0.15) is 0 Å². The van der Waals surface area contributed by atoms with Crippen LogP contribution in [0.15, 0.2) is 36.9 Å². The first-order valence-electron chi connectivity index (χ1n) is 6.85. The van der Waals surface area contributed by atoms with E-state index >= 15 is 0 Å². The van der Waals surface area contributed by atoms with Crippen molar-refractivity contribution in [3.05, 3.63) is 42.5 Å². The number of hydrogen-bond donors (Lipinski definition) is 1. The van der Waals surface area contributed by atoms with Crippen molar-refractivity contribution in [3.63, 3.8) is 0 Å². The maximum absolute atomic E-state index is 3.76. The average molecular weight is 229 g/mol. The van der Waals surface area contributed by atoms with E-state index in [1.807, 2.05) is 6.08 Å². The van der Waals surface area contributed by atoms with Crippen molar-refractivity contribution in [1.29, 1.82) is 0 Å². The van der Waals surface area contributed by atoms with Gasteiger partial charge in [-0.25, -0.2) is 0 Å². The Hall–Kier alpha value is -1.24. The quantitative estimate of drug-likeness (QED) is 0.557. The van der Waals surface area contributed by atoms with Crippen molar-refractivity contribution in [2.45, 2.75) is 51.0 Å². The minimum atomic E-state index is 0.689. The van der Waals surface area contributed by atoms with Gasteiger partial charge < -0.3 is 5.32 Å². The first kappa shape index (κ1) is 12.2. The fourth-order valence-corrected chi connectivity index (χ4v) is 2.57. The van der Waals surface area contributed by atoms with Crippen molar-refractivity contribution >= 4 is 5.69 Å². The number of rotatable bonds is 6. The van der Waals surface area contributed by atoms with Crippen molar-refractivity contribution < 1.29 is 0 Å². The molecule has 0 bridgehead atoms. The van der Waals surface area contributed by atoms with Crippen LogP contribution in [-0.2, 0) is 6.42 Å². The zero-order valence-corrected chi connectivity index (χ0v) is 10.6. The normalized spacial score (nSPS) is 18.2. The third-order valence-corrected chi connectivity index (χ3v) is 3.60. The first-order valence-corrected chi connectivity index (χ1v) is 6.85. The number of aryl methyl sites for hydroxylation is 1. The van der Waals surface area contributed by atoms with E-state index in [4.69, 9.17) is 0 Å². The minimum absolute atomic E-state index is 0.689. The molecule has 0 fully saturated rings. The molecule has 1 unspecified atom stereocenters. The van der Waals surface area contributed by atoms with Crippen molar-refractivity contribution in [2.24, 2.45) is 0 Å². The van der Waals surface area contributed by atoms with Crippen LogP contribution in [0.4, 0.5) is 5.69 Å². The van der Waals surface area contributed by atoms with Crippen LogP contribution in [0.1, 0.15) is 44.1 Å². The lowest BCUT2D eigenvalue weighted by Gasteiger charge is -2.27. The summed E-state index contributed by atoms with van der Waals surface area (Å²) >= 11 is 0. The molecule has 1 heteroatoms. The Bertz CT molecular complexity index is 356. The van der Waals surface area contributed by atoms with Gasteiger partial charge in [0, 0.05) is 11.7 Å². The van der Waals surface area contributed by atoms with Gasteiger partial charge in [-0.2, -0.15) is 0 Å². The lowest BCUT2D eigenvalue weighted by atomic mass is 9.94. The number of anilines is 1. The molecule has 0 aliphatic carbocycles. The highest BCUT2D eigenvalue weighted by Gasteiger charge is 2.16.